The molecule has 1 heteroatoms. The number of hydrogen-bond acceptors (Lipinski definition) is 0. The molecule has 2 aromatic rings. The van der Waals surface area contributed by atoms with Gasteiger partial charge >= 0.3 is 230 Å². The van der Waals surface area contributed by atoms with Gasteiger partial charge in [-0.15, -0.1) is 0 Å². The molecule has 0 N–H and O–H groups in total. The van der Waals surface area contributed by atoms with Crippen LogP contribution in [0.25, 0.3) is 11.1 Å². The van der Waals surface area contributed by atoms with E-state index < -0.39 is 21.3 Å². The predicted octanol–water partition coefficient (Wildman–Crippen LogP) is 9.08. The summed E-state index contributed by atoms with van der Waals surface area (Å²) in [6, 6.07) is 7.71. The number of allylic oxidation sites excluding steroid dienone is 4. The quantitative estimate of drug-likeness (QED) is 0.276. The van der Waals surface area contributed by atoms with Gasteiger partial charge in [0.25, 0.3) is 0 Å². The van der Waals surface area contributed by atoms with E-state index in [1.165, 1.54) is 61.6 Å². The normalized spacial score (nSPS) is 17.7. The van der Waals surface area contributed by atoms with Crippen molar-refractivity contribution in [2.24, 2.45) is 0 Å². The monoisotopic (exact) mass is 556 g/mol. The Hall–Kier alpha value is -1.33. The van der Waals surface area contributed by atoms with Crippen LogP contribution in [0, 0.1) is 13.8 Å². The van der Waals surface area contributed by atoms with E-state index in [-0.39, 0.29) is 10.8 Å². The van der Waals surface area contributed by atoms with Crippen LogP contribution in [-0.4, -0.2) is 3.21 Å². The Balaban J connectivity index is 1.83. The van der Waals surface area contributed by atoms with Gasteiger partial charge in [-0.2, -0.15) is 0 Å². The molecule has 36 heavy (non-hydrogen) atoms. The first-order chi connectivity index (χ1) is 17.0. The molecule has 0 radical (unpaired) electrons. The molecule has 5 rings (SSSR count). The van der Waals surface area contributed by atoms with Gasteiger partial charge in [-0.1, -0.05) is 0 Å². The number of hydrogen-bond donors (Lipinski definition) is 0. The summed E-state index contributed by atoms with van der Waals surface area (Å²) >= 11 is -2.20. The molecule has 0 heterocycles. The summed E-state index contributed by atoms with van der Waals surface area (Å²) in [6.45, 7) is 19.2. The van der Waals surface area contributed by atoms with E-state index in [9.17, 15) is 0 Å². The number of benzene rings is 2. The first-order valence-electron chi connectivity index (χ1n) is 14.4. The molecule has 0 unspecified atom stereocenters. The second-order valence-electron chi connectivity index (χ2n) is 13.7. The van der Waals surface area contributed by atoms with E-state index in [0.717, 1.165) is 6.42 Å². The van der Waals surface area contributed by atoms with E-state index in [0.29, 0.717) is 0 Å². The van der Waals surface area contributed by atoms with Gasteiger partial charge in [0.05, 0.1) is 0 Å². The molecule has 3 aliphatic rings. The van der Waals surface area contributed by atoms with E-state index in [4.69, 9.17) is 0 Å². The number of rotatable bonds is 2. The fourth-order valence-corrected chi connectivity index (χ4v) is 16.0. The Morgan fingerprint density at radius 2 is 1.39 bits per heavy atom. The molecule has 0 atom stereocenters. The Morgan fingerprint density at radius 3 is 1.97 bits per heavy atom. The second-order valence-corrected chi connectivity index (χ2v) is 20.1. The zero-order valence-electron chi connectivity index (χ0n) is 24.1. The molecule has 0 nitrogen and oxygen atoms in total. The molecule has 2 aromatic carbocycles. The van der Waals surface area contributed by atoms with Gasteiger partial charge in [-0.25, -0.2) is 0 Å². The molecule has 1 saturated carbocycles. The number of aryl methyl sites for hydroxylation is 1. The van der Waals surface area contributed by atoms with Crippen molar-refractivity contribution in [3.05, 3.63) is 73.1 Å². The van der Waals surface area contributed by atoms with Crippen molar-refractivity contribution in [1.29, 1.82) is 0 Å². The fourth-order valence-electron chi connectivity index (χ4n) is 7.14. The van der Waals surface area contributed by atoms with Crippen molar-refractivity contribution in [3.8, 4) is 11.1 Å². The van der Waals surface area contributed by atoms with Crippen molar-refractivity contribution >= 4 is 6.48 Å². The maximum absolute atomic E-state index is 2.61. The Bertz CT molecular complexity index is 1290. The first kappa shape index (κ1) is 26.3. The molecule has 0 bridgehead atoms. The van der Waals surface area contributed by atoms with E-state index in [2.05, 4.69) is 91.8 Å². The summed E-state index contributed by atoms with van der Waals surface area (Å²) in [5, 5.41) is 0. The third-order valence-electron chi connectivity index (χ3n) is 8.82. The molecule has 0 aromatic heterocycles. The first-order valence-corrected chi connectivity index (χ1v) is 18.1. The van der Waals surface area contributed by atoms with Gasteiger partial charge in [-0.05, 0) is 0 Å². The summed E-state index contributed by atoms with van der Waals surface area (Å²) in [5.74, 6) is 0. The molecule has 0 amide bonds. The Morgan fingerprint density at radius 1 is 0.750 bits per heavy atom. The summed E-state index contributed by atoms with van der Waals surface area (Å²) in [6.07, 6.45) is 18.1. The van der Waals surface area contributed by atoms with Gasteiger partial charge in [0.15, 0.2) is 0 Å². The molecule has 3 aliphatic carbocycles. The molecule has 0 spiro atoms. The zero-order chi connectivity index (χ0) is 25.8. The van der Waals surface area contributed by atoms with E-state index in [1.54, 1.807) is 27.8 Å². The van der Waals surface area contributed by atoms with Crippen molar-refractivity contribution < 1.29 is 21.3 Å². The van der Waals surface area contributed by atoms with Gasteiger partial charge in [-0.3, -0.25) is 0 Å². The van der Waals surface area contributed by atoms with E-state index in [1.807, 2.05) is 9.76 Å². The van der Waals surface area contributed by atoms with Crippen LogP contribution in [0.4, 0.5) is 0 Å². The van der Waals surface area contributed by atoms with Crippen LogP contribution in [0.5, 0.6) is 0 Å². The second kappa shape index (κ2) is 9.76. The van der Waals surface area contributed by atoms with Crippen molar-refractivity contribution in [2.45, 2.75) is 118 Å². The molecular formula is C35H46Zr. The van der Waals surface area contributed by atoms with Crippen molar-refractivity contribution in [2.75, 3.05) is 0 Å². The van der Waals surface area contributed by atoms with Crippen LogP contribution in [0.1, 0.15) is 120 Å². The van der Waals surface area contributed by atoms with Gasteiger partial charge in [0, 0.05) is 0 Å². The van der Waals surface area contributed by atoms with Crippen LogP contribution in [0.2, 0.25) is 0 Å². The average Bonchev–Trinajstić information content (AvgIpc) is 3.33. The summed E-state index contributed by atoms with van der Waals surface area (Å²) in [7, 11) is 0. The van der Waals surface area contributed by atoms with E-state index >= 15 is 0 Å². The van der Waals surface area contributed by atoms with Crippen molar-refractivity contribution in [1.82, 2.24) is 0 Å². The van der Waals surface area contributed by atoms with Crippen LogP contribution < -0.4 is 3.27 Å². The van der Waals surface area contributed by atoms with Crippen LogP contribution >= 0.6 is 0 Å². The average molecular weight is 558 g/mol. The molecular weight excluding hydrogens is 512 g/mol. The van der Waals surface area contributed by atoms with Crippen LogP contribution in [0.15, 0.2) is 39.7 Å². The topological polar surface area (TPSA) is 0 Å². The SMILES string of the molecule is Cc1cc2c(cc1C(C)(C)C)-c1cc(C(C)(C)C)c(C)[c]([Zr]([C]3=CC=CC3)=[C]3CCCCCC3)c1C2. The third kappa shape index (κ3) is 4.80. The Kier molecular flexibility index (Phi) is 7.13. The molecule has 0 saturated heterocycles. The molecule has 1 fully saturated rings. The summed E-state index contributed by atoms with van der Waals surface area (Å²) < 4.78 is 5.69. The molecule has 0 aliphatic heterocycles. The minimum absolute atomic E-state index is 0.152. The zero-order valence-corrected chi connectivity index (χ0v) is 26.6. The summed E-state index contributed by atoms with van der Waals surface area (Å²) in [4.78, 5) is 0. The van der Waals surface area contributed by atoms with Crippen LogP contribution in [-0.2, 0) is 38.5 Å². The van der Waals surface area contributed by atoms with Gasteiger partial charge < -0.3 is 0 Å². The van der Waals surface area contributed by atoms with Gasteiger partial charge in [0.1, 0.15) is 0 Å². The Labute approximate surface area is 228 Å². The van der Waals surface area contributed by atoms with Crippen molar-refractivity contribution in [3.63, 3.8) is 0 Å². The standard InChI is InChI=1S/C23H29.C7H12.C5H5.Zr/c1-14-9-16-11-17-10-15(2)21(23(6,7)8)13-19(17)18(16)12-20(14)22(3,4)5;1-2-4-6-7-5-3-1;1-2-4-5-3-1;/h9,12-13H,11H2,1-8H3;1-6H2;1-3H,4H2;. The third-order valence-corrected chi connectivity index (χ3v) is 17.2. The summed E-state index contributed by atoms with van der Waals surface area (Å²) in [5.41, 5.74) is 12.9. The molecule has 190 valence electrons. The maximum atomic E-state index is 2.61. The van der Waals surface area contributed by atoms with Gasteiger partial charge in [0.2, 0.25) is 0 Å². The number of fused-ring (bicyclic) bond motifs is 3. The van der Waals surface area contributed by atoms with Crippen LogP contribution in [0.3, 0.4) is 0 Å². The minimum atomic E-state index is -2.20. The fraction of sp³-hybridized carbons (Fsp3) is 0.514. The predicted molar refractivity (Wildman–Crippen MR) is 156 cm³/mol.